The second-order valence-electron chi connectivity index (χ2n) is 15.5. The summed E-state index contributed by atoms with van der Waals surface area (Å²) in [6.07, 6.45) is 11.1. The number of hydrogen-bond acceptors (Lipinski definition) is 6. The van der Waals surface area contributed by atoms with Crippen molar-refractivity contribution in [3.8, 4) is 0 Å². The van der Waals surface area contributed by atoms with E-state index in [0.29, 0.717) is 35.2 Å². The molecule has 1 aromatic heterocycles. The maximum absolute atomic E-state index is 12.6. The zero-order chi connectivity index (χ0) is 34.6. The lowest BCUT2D eigenvalue weighted by molar-refractivity contribution is 0.328. The van der Waals surface area contributed by atoms with Gasteiger partial charge in [0.15, 0.2) is 19.7 Å². The number of H-pyrrole nitrogens is 1. The van der Waals surface area contributed by atoms with E-state index in [9.17, 15) is 16.8 Å². The van der Waals surface area contributed by atoms with Gasteiger partial charge in [0.25, 0.3) is 0 Å². The van der Waals surface area contributed by atoms with Crippen LogP contribution in [0.15, 0.2) is 79.0 Å². The fourth-order valence-electron chi connectivity index (χ4n) is 8.23. The molecule has 2 atom stereocenters. The molecule has 0 radical (unpaired) electrons. The minimum Gasteiger partial charge on any atom is -0.361 e. The number of likely N-dealkylation sites (tertiary alicyclic amines) is 1. The van der Waals surface area contributed by atoms with Gasteiger partial charge in [0.05, 0.1) is 23.0 Å². The van der Waals surface area contributed by atoms with Gasteiger partial charge in [-0.2, -0.15) is 0 Å². The smallest absolute Gasteiger partial charge is 0.154 e. The van der Waals surface area contributed by atoms with Crippen molar-refractivity contribution < 1.29 is 16.8 Å². The van der Waals surface area contributed by atoms with Crippen molar-refractivity contribution in [2.24, 2.45) is 11.8 Å². The molecule has 2 saturated heterocycles. The highest BCUT2D eigenvalue weighted by molar-refractivity contribution is 7.90. The summed E-state index contributed by atoms with van der Waals surface area (Å²) in [5.74, 6) is 2.96. The third-order valence-corrected chi connectivity index (χ3v) is 15.0. The number of para-hydroxylation sites is 1. The average molecular weight is 716 g/mol. The van der Waals surface area contributed by atoms with Crippen molar-refractivity contribution in [3.05, 3.63) is 107 Å². The van der Waals surface area contributed by atoms with E-state index in [-0.39, 0.29) is 11.5 Å². The Morgan fingerprint density at radius 1 is 0.680 bits per heavy atom. The Morgan fingerprint density at radius 2 is 1.30 bits per heavy atom. The molecule has 3 aromatic carbocycles. The molecule has 2 saturated carbocycles. The lowest BCUT2D eigenvalue weighted by atomic mass is 9.87. The van der Waals surface area contributed by atoms with E-state index in [0.717, 1.165) is 82.4 Å². The molecule has 4 aromatic rings. The number of nitrogens with one attached hydrogen (secondary N) is 2. The van der Waals surface area contributed by atoms with E-state index in [1.165, 1.54) is 40.4 Å². The molecule has 8 rings (SSSR count). The average Bonchev–Trinajstić information content (AvgIpc) is 3.84. The molecular weight excluding hydrogens is 663 g/mol. The minimum absolute atomic E-state index is 0.184. The maximum atomic E-state index is 12.6. The number of benzene rings is 3. The molecule has 0 amide bonds. The molecule has 50 heavy (non-hydrogen) atoms. The van der Waals surface area contributed by atoms with Gasteiger partial charge in [-0.05, 0) is 109 Å². The number of fused-ring (bicyclic) bond motifs is 1. The van der Waals surface area contributed by atoms with Crippen molar-refractivity contribution in [1.29, 1.82) is 0 Å². The Labute approximate surface area is 299 Å². The molecule has 3 heterocycles. The van der Waals surface area contributed by atoms with Gasteiger partial charge in [0.1, 0.15) is 0 Å². The first-order valence-electron chi connectivity index (χ1n) is 18.7. The minimum atomic E-state index is -3.01. The van der Waals surface area contributed by atoms with Gasteiger partial charge >= 0.3 is 0 Å². The Morgan fingerprint density at radius 3 is 1.88 bits per heavy atom. The number of nitrogens with zero attached hydrogens (tertiary/aromatic N) is 1. The summed E-state index contributed by atoms with van der Waals surface area (Å²) < 4.78 is 49.6. The largest absolute Gasteiger partial charge is 0.361 e. The Kier molecular flexibility index (Phi) is 11.1. The molecular formula is C41H53N3O4S2. The SMILES string of the molecule is O=S(=O)(Cc1cccc(C2CCN(Cc3c[nH]c4ccccc34)C2)c1)CC1CCC1.O=S(=O)(Cc1cccc(C2CCNC2)c1)CC1CCC1. The van der Waals surface area contributed by atoms with Crippen LogP contribution in [-0.2, 0) is 37.7 Å². The van der Waals surface area contributed by atoms with Crippen LogP contribution in [0.5, 0.6) is 0 Å². The quantitative estimate of drug-likeness (QED) is 0.159. The molecule has 4 aliphatic rings. The van der Waals surface area contributed by atoms with E-state index in [2.05, 4.69) is 69.9 Å². The van der Waals surface area contributed by atoms with Gasteiger partial charge in [0.2, 0.25) is 0 Å². The van der Waals surface area contributed by atoms with Crippen molar-refractivity contribution in [2.75, 3.05) is 37.7 Å². The topological polar surface area (TPSA) is 99.3 Å². The second kappa shape index (κ2) is 15.7. The standard InChI is InChI=1S/C25H30N2O2S.C16H23NO2S/c28-30(29,17-19-5-3-6-19)18-20-7-4-8-21(13-20)22-11-12-27(15-22)16-23-14-26-25-10-2-1-9-24(23)25;18-20(19,11-13-3-1-4-13)12-14-5-2-6-15(9-14)16-7-8-17-10-16/h1-2,4,7-10,13-14,19,22,26H,3,5-6,11-12,15-18H2;2,5-6,9,13,16-17H,1,3-4,7-8,10-12H2. The van der Waals surface area contributed by atoms with E-state index >= 15 is 0 Å². The second-order valence-corrected chi connectivity index (χ2v) is 19.7. The monoisotopic (exact) mass is 715 g/mol. The van der Waals surface area contributed by atoms with Gasteiger partial charge in [0, 0.05) is 36.7 Å². The highest BCUT2D eigenvalue weighted by atomic mass is 32.2. The molecule has 0 spiro atoms. The Bertz CT molecular complexity index is 1960. The summed E-state index contributed by atoms with van der Waals surface area (Å²) in [5.41, 5.74) is 7.01. The van der Waals surface area contributed by atoms with Crippen LogP contribution < -0.4 is 5.32 Å². The number of rotatable bonds is 12. The van der Waals surface area contributed by atoms with Crippen LogP contribution in [0.2, 0.25) is 0 Å². The lowest BCUT2D eigenvalue weighted by Gasteiger charge is -2.24. The molecule has 2 unspecified atom stereocenters. The molecule has 2 N–H and O–H groups in total. The van der Waals surface area contributed by atoms with Gasteiger partial charge in [-0.15, -0.1) is 0 Å². The van der Waals surface area contributed by atoms with Crippen LogP contribution >= 0.6 is 0 Å². The summed E-state index contributed by atoms with van der Waals surface area (Å²) in [5, 5.41) is 4.67. The zero-order valence-electron chi connectivity index (χ0n) is 29.2. The first kappa shape index (κ1) is 35.4. The number of sulfone groups is 2. The summed E-state index contributed by atoms with van der Waals surface area (Å²) in [7, 11) is -5.97. The summed E-state index contributed by atoms with van der Waals surface area (Å²) >= 11 is 0. The molecule has 268 valence electrons. The molecule has 4 fully saturated rings. The molecule has 7 nitrogen and oxygen atoms in total. The van der Waals surface area contributed by atoms with Crippen LogP contribution in [0.1, 0.15) is 91.0 Å². The fraction of sp³-hybridized carbons (Fsp3) is 0.512. The molecule has 0 bridgehead atoms. The van der Waals surface area contributed by atoms with Gasteiger partial charge in [-0.1, -0.05) is 79.6 Å². The van der Waals surface area contributed by atoms with Crippen LogP contribution in [-0.4, -0.2) is 64.4 Å². The Hall–Kier alpha value is -2.98. The van der Waals surface area contributed by atoms with E-state index in [4.69, 9.17) is 0 Å². The first-order valence-corrected chi connectivity index (χ1v) is 22.4. The van der Waals surface area contributed by atoms with Crippen LogP contribution in [0, 0.1) is 11.8 Å². The van der Waals surface area contributed by atoms with Crippen LogP contribution in [0.25, 0.3) is 10.9 Å². The zero-order valence-corrected chi connectivity index (χ0v) is 30.9. The maximum Gasteiger partial charge on any atom is 0.154 e. The van der Waals surface area contributed by atoms with Crippen molar-refractivity contribution >= 4 is 30.6 Å². The molecule has 2 aliphatic heterocycles. The number of aromatic amines is 1. The van der Waals surface area contributed by atoms with E-state index in [1.807, 2.05) is 24.3 Å². The number of hydrogen-bond donors (Lipinski definition) is 2. The highest BCUT2D eigenvalue weighted by Gasteiger charge is 2.28. The molecule has 2 aliphatic carbocycles. The molecule has 9 heteroatoms. The van der Waals surface area contributed by atoms with Gasteiger partial charge in [-0.3, -0.25) is 4.90 Å². The Balaban J connectivity index is 0.000000170. The first-order chi connectivity index (χ1) is 24.2. The predicted octanol–water partition coefficient (Wildman–Crippen LogP) is 7.35. The van der Waals surface area contributed by atoms with E-state index < -0.39 is 19.7 Å². The fourth-order valence-corrected chi connectivity index (χ4v) is 11.9. The summed E-state index contributed by atoms with van der Waals surface area (Å²) in [6.45, 7) is 5.13. The van der Waals surface area contributed by atoms with Gasteiger partial charge < -0.3 is 10.3 Å². The summed E-state index contributed by atoms with van der Waals surface area (Å²) in [6, 6.07) is 24.9. The normalized spacial score (nSPS) is 21.8. The van der Waals surface area contributed by atoms with Crippen LogP contribution in [0.3, 0.4) is 0 Å². The van der Waals surface area contributed by atoms with E-state index in [1.54, 1.807) is 0 Å². The third kappa shape index (κ3) is 9.27. The van der Waals surface area contributed by atoms with Crippen LogP contribution in [0.4, 0.5) is 0 Å². The lowest BCUT2D eigenvalue weighted by Crippen LogP contribution is -2.23. The predicted molar refractivity (Wildman–Crippen MR) is 204 cm³/mol. The summed E-state index contributed by atoms with van der Waals surface area (Å²) in [4.78, 5) is 5.89. The van der Waals surface area contributed by atoms with Gasteiger partial charge in [-0.25, -0.2) is 16.8 Å². The van der Waals surface area contributed by atoms with Crippen molar-refractivity contribution in [1.82, 2.24) is 15.2 Å². The number of aromatic nitrogens is 1. The highest BCUT2D eigenvalue weighted by Crippen LogP contribution is 2.32. The third-order valence-electron chi connectivity index (χ3n) is 11.4. The van der Waals surface area contributed by atoms with Crippen molar-refractivity contribution in [2.45, 2.75) is 81.3 Å². The van der Waals surface area contributed by atoms with Crippen molar-refractivity contribution in [3.63, 3.8) is 0 Å².